The van der Waals surface area contributed by atoms with E-state index >= 15 is 0 Å². The molecule has 0 aliphatic rings. The molecule has 2 aromatic rings. The predicted molar refractivity (Wildman–Crippen MR) is 91.1 cm³/mol. The van der Waals surface area contributed by atoms with Crippen molar-refractivity contribution in [1.82, 2.24) is 5.32 Å². The lowest BCUT2D eigenvalue weighted by Crippen LogP contribution is -2.18. The summed E-state index contributed by atoms with van der Waals surface area (Å²) in [7, 11) is 1.95. The van der Waals surface area contributed by atoms with Crippen LogP contribution in [0.5, 0.6) is 0 Å². The Hall–Kier alpha value is -0.290. The SMILES string of the molecule is CNC(Cc1ccc(I)cc1)c1cc(Cl)cc(Cl)c1. The Kier molecular flexibility index (Phi) is 5.51. The minimum atomic E-state index is 0.205. The molecule has 1 nitrogen and oxygen atoms in total. The highest BCUT2D eigenvalue weighted by molar-refractivity contribution is 14.1. The van der Waals surface area contributed by atoms with Gasteiger partial charge in [-0.25, -0.2) is 0 Å². The fourth-order valence-electron chi connectivity index (χ4n) is 2.02. The van der Waals surface area contributed by atoms with E-state index in [-0.39, 0.29) is 6.04 Å². The van der Waals surface area contributed by atoms with Crippen molar-refractivity contribution >= 4 is 45.8 Å². The Morgan fingerprint density at radius 3 is 2.16 bits per heavy atom. The molecule has 19 heavy (non-hydrogen) atoms. The van der Waals surface area contributed by atoms with E-state index < -0.39 is 0 Å². The number of hydrogen-bond donors (Lipinski definition) is 1. The largest absolute Gasteiger partial charge is 0.313 e. The minimum absolute atomic E-state index is 0.205. The molecule has 1 unspecified atom stereocenters. The van der Waals surface area contributed by atoms with Crippen molar-refractivity contribution < 1.29 is 0 Å². The van der Waals surface area contributed by atoms with E-state index in [0.29, 0.717) is 10.0 Å². The van der Waals surface area contributed by atoms with Crippen molar-refractivity contribution in [3.8, 4) is 0 Å². The van der Waals surface area contributed by atoms with Gasteiger partial charge in [-0.3, -0.25) is 0 Å². The third-order valence-corrected chi connectivity index (χ3v) is 4.14. The average Bonchev–Trinajstić information content (AvgIpc) is 2.37. The molecule has 4 heteroatoms. The Morgan fingerprint density at radius 1 is 1.05 bits per heavy atom. The van der Waals surface area contributed by atoms with E-state index in [1.165, 1.54) is 9.13 Å². The first-order valence-corrected chi connectivity index (χ1v) is 7.79. The smallest absolute Gasteiger partial charge is 0.0424 e. The number of nitrogens with one attached hydrogen (secondary N) is 1. The number of hydrogen-bond acceptors (Lipinski definition) is 1. The van der Waals surface area contributed by atoms with E-state index in [9.17, 15) is 0 Å². The van der Waals surface area contributed by atoms with Crippen molar-refractivity contribution in [2.24, 2.45) is 0 Å². The highest BCUT2D eigenvalue weighted by atomic mass is 127. The number of halogens is 3. The van der Waals surface area contributed by atoms with Gasteiger partial charge in [0.25, 0.3) is 0 Å². The van der Waals surface area contributed by atoms with Crippen molar-refractivity contribution in [3.05, 3.63) is 67.2 Å². The van der Waals surface area contributed by atoms with Gasteiger partial charge in [-0.1, -0.05) is 35.3 Å². The number of likely N-dealkylation sites (N-methyl/N-ethyl adjacent to an activating group) is 1. The van der Waals surface area contributed by atoms with Crippen LogP contribution in [0.1, 0.15) is 17.2 Å². The molecule has 1 N–H and O–H groups in total. The van der Waals surface area contributed by atoms with Gasteiger partial charge in [0.05, 0.1) is 0 Å². The van der Waals surface area contributed by atoms with Gasteiger partial charge in [-0.15, -0.1) is 0 Å². The van der Waals surface area contributed by atoms with E-state index in [1.807, 2.05) is 19.2 Å². The summed E-state index contributed by atoms with van der Waals surface area (Å²) in [6, 6.07) is 14.4. The predicted octanol–water partition coefficient (Wildman–Crippen LogP) is 5.10. The maximum Gasteiger partial charge on any atom is 0.0424 e. The molecule has 0 aromatic heterocycles. The molecule has 2 rings (SSSR count). The first-order valence-electron chi connectivity index (χ1n) is 5.96. The Balaban J connectivity index is 2.22. The van der Waals surface area contributed by atoms with Crippen molar-refractivity contribution in [2.45, 2.75) is 12.5 Å². The molecule has 0 fully saturated rings. The first-order chi connectivity index (χ1) is 9.08. The highest BCUT2D eigenvalue weighted by Crippen LogP contribution is 2.25. The molecule has 0 saturated heterocycles. The third kappa shape index (κ3) is 4.35. The zero-order valence-electron chi connectivity index (χ0n) is 10.5. The van der Waals surface area contributed by atoms with Gasteiger partial charge < -0.3 is 5.32 Å². The molecule has 0 saturated carbocycles. The van der Waals surface area contributed by atoms with Gasteiger partial charge in [0, 0.05) is 19.7 Å². The molecule has 0 radical (unpaired) electrons. The summed E-state index contributed by atoms with van der Waals surface area (Å²) in [6.07, 6.45) is 0.907. The van der Waals surface area contributed by atoms with Crippen LogP contribution in [0.4, 0.5) is 0 Å². The van der Waals surface area contributed by atoms with E-state index in [0.717, 1.165) is 12.0 Å². The lowest BCUT2D eigenvalue weighted by molar-refractivity contribution is 0.592. The summed E-state index contributed by atoms with van der Waals surface area (Å²) in [6.45, 7) is 0. The normalized spacial score (nSPS) is 12.4. The average molecular weight is 406 g/mol. The fourth-order valence-corrected chi connectivity index (χ4v) is 2.92. The zero-order valence-corrected chi connectivity index (χ0v) is 14.1. The maximum absolute atomic E-state index is 6.06. The molecule has 0 heterocycles. The van der Waals surface area contributed by atoms with Gasteiger partial charge in [-0.2, -0.15) is 0 Å². The van der Waals surface area contributed by atoms with Crippen LogP contribution in [-0.4, -0.2) is 7.05 Å². The third-order valence-electron chi connectivity index (χ3n) is 2.99. The molecule has 0 spiro atoms. The van der Waals surface area contributed by atoms with Crippen molar-refractivity contribution in [3.63, 3.8) is 0 Å². The summed E-state index contributed by atoms with van der Waals surface area (Å²) >= 11 is 14.4. The van der Waals surface area contributed by atoms with Gasteiger partial charge in [0.1, 0.15) is 0 Å². The van der Waals surface area contributed by atoms with Crippen LogP contribution in [0.25, 0.3) is 0 Å². The van der Waals surface area contributed by atoms with Crippen LogP contribution in [-0.2, 0) is 6.42 Å². The molecule has 100 valence electrons. The van der Waals surface area contributed by atoms with E-state index in [1.54, 1.807) is 6.07 Å². The summed E-state index contributed by atoms with van der Waals surface area (Å²) in [5.74, 6) is 0. The summed E-state index contributed by atoms with van der Waals surface area (Å²) in [5.41, 5.74) is 2.40. The molecule has 0 aliphatic heterocycles. The van der Waals surface area contributed by atoms with Gasteiger partial charge in [0.2, 0.25) is 0 Å². The van der Waals surface area contributed by atoms with Gasteiger partial charge >= 0.3 is 0 Å². The van der Waals surface area contributed by atoms with Crippen LogP contribution in [0.2, 0.25) is 10.0 Å². The van der Waals surface area contributed by atoms with E-state index in [2.05, 4.69) is 52.2 Å². The second-order valence-electron chi connectivity index (χ2n) is 4.37. The highest BCUT2D eigenvalue weighted by Gasteiger charge is 2.11. The lowest BCUT2D eigenvalue weighted by Gasteiger charge is -2.17. The van der Waals surface area contributed by atoms with Crippen molar-refractivity contribution in [1.29, 1.82) is 0 Å². The van der Waals surface area contributed by atoms with Crippen LogP contribution < -0.4 is 5.32 Å². The Morgan fingerprint density at radius 2 is 1.63 bits per heavy atom. The van der Waals surface area contributed by atoms with Crippen LogP contribution in [0, 0.1) is 3.57 Å². The van der Waals surface area contributed by atoms with Crippen LogP contribution in [0.15, 0.2) is 42.5 Å². The standard InChI is InChI=1S/C15H14Cl2IN/c1-19-15(6-10-2-4-14(18)5-3-10)11-7-12(16)9-13(17)8-11/h2-5,7-9,15,19H,6H2,1H3. The Bertz CT molecular complexity index is 534. The molecular formula is C15H14Cl2IN. The van der Waals surface area contributed by atoms with Crippen LogP contribution >= 0.6 is 45.8 Å². The lowest BCUT2D eigenvalue weighted by atomic mass is 9.99. The summed E-state index contributed by atoms with van der Waals surface area (Å²) in [5, 5.41) is 4.66. The first kappa shape index (κ1) is 15.1. The quantitative estimate of drug-likeness (QED) is 0.697. The fraction of sp³-hybridized carbons (Fsp3) is 0.200. The minimum Gasteiger partial charge on any atom is -0.313 e. The maximum atomic E-state index is 6.06. The second-order valence-corrected chi connectivity index (χ2v) is 6.49. The molecular weight excluding hydrogens is 392 g/mol. The second kappa shape index (κ2) is 6.93. The topological polar surface area (TPSA) is 12.0 Å². The molecule has 0 amide bonds. The Labute approximate surface area is 137 Å². The molecule has 0 bridgehead atoms. The van der Waals surface area contributed by atoms with Gasteiger partial charge in [0.15, 0.2) is 0 Å². The monoisotopic (exact) mass is 405 g/mol. The van der Waals surface area contributed by atoms with E-state index in [4.69, 9.17) is 23.2 Å². The molecule has 1 atom stereocenters. The number of benzene rings is 2. The summed E-state index contributed by atoms with van der Waals surface area (Å²) < 4.78 is 1.24. The molecule has 2 aromatic carbocycles. The zero-order chi connectivity index (χ0) is 13.8. The van der Waals surface area contributed by atoms with Gasteiger partial charge in [-0.05, 0) is 77.5 Å². The summed E-state index contributed by atoms with van der Waals surface area (Å²) in [4.78, 5) is 0. The molecule has 0 aliphatic carbocycles. The van der Waals surface area contributed by atoms with Crippen molar-refractivity contribution in [2.75, 3.05) is 7.05 Å². The van der Waals surface area contributed by atoms with Crippen LogP contribution in [0.3, 0.4) is 0 Å². The number of rotatable bonds is 4.